The summed E-state index contributed by atoms with van der Waals surface area (Å²) in [7, 11) is 0. The third-order valence-corrected chi connectivity index (χ3v) is 6.33. The van der Waals surface area contributed by atoms with E-state index >= 15 is 0 Å². The van der Waals surface area contributed by atoms with E-state index in [0.717, 1.165) is 15.7 Å². The van der Waals surface area contributed by atoms with E-state index < -0.39 is 0 Å². The zero-order valence-corrected chi connectivity index (χ0v) is 19.4. The second-order valence-electron chi connectivity index (χ2n) is 7.84. The van der Waals surface area contributed by atoms with Gasteiger partial charge >= 0.3 is 0 Å². The van der Waals surface area contributed by atoms with Gasteiger partial charge in [0, 0.05) is 44.6 Å². The second kappa shape index (κ2) is 9.19. The van der Waals surface area contributed by atoms with Crippen LogP contribution in [0.25, 0.3) is 5.65 Å². The Labute approximate surface area is 199 Å². The Hall–Kier alpha value is -3.46. The molecule has 0 bridgehead atoms. The molecule has 0 saturated carbocycles. The van der Waals surface area contributed by atoms with Crippen LogP contribution < -0.4 is 10.2 Å². The number of hydrogen-bond donors (Lipinski definition) is 1. The van der Waals surface area contributed by atoms with Gasteiger partial charge < -0.3 is 15.1 Å². The smallest absolute Gasteiger partial charge is 0.259 e. The van der Waals surface area contributed by atoms with Crippen LogP contribution in [0.3, 0.4) is 0 Å². The summed E-state index contributed by atoms with van der Waals surface area (Å²) in [5.74, 6) is 0.266. The van der Waals surface area contributed by atoms with Crippen molar-refractivity contribution in [2.75, 3.05) is 36.4 Å². The SMILES string of the molecule is O=C(c1cnc2c(Br)cnn2c1NCc1ccccc1)N1CCN(c2ccc(F)cc2)CC1. The average molecular weight is 509 g/mol. The molecule has 1 amide bonds. The predicted molar refractivity (Wildman–Crippen MR) is 129 cm³/mol. The minimum Gasteiger partial charge on any atom is -0.368 e. The Kier molecular flexibility index (Phi) is 5.95. The van der Waals surface area contributed by atoms with E-state index in [0.29, 0.717) is 49.8 Å². The van der Waals surface area contributed by atoms with E-state index in [2.05, 4.69) is 36.2 Å². The van der Waals surface area contributed by atoms with E-state index in [-0.39, 0.29) is 11.7 Å². The first-order chi connectivity index (χ1) is 16.1. The van der Waals surface area contributed by atoms with Gasteiger partial charge in [-0.1, -0.05) is 30.3 Å². The molecule has 7 nitrogen and oxygen atoms in total. The van der Waals surface area contributed by atoms with E-state index in [9.17, 15) is 9.18 Å². The molecule has 9 heteroatoms. The number of halogens is 2. The maximum atomic E-state index is 13.5. The zero-order valence-electron chi connectivity index (χ0n) is 17.8. The summed E-state index contributed by atoms with van der Waals surface area (Å²) in [6, 6.07) is 16.5. The van der Waals surface area contributed by atoms with Crippen LogP contribution in [0.4, 0.5) is 15.9 Å². The van der Waals surface area contributed by atoms with Crippen molar-refractivity contribution in [2.45, 2.75) is 6.54 Å². The third kappa shape index (κ3) is 4.41. The van der Waals surface area contributed by atoms with Gasteiger partial charge in [0.15, 0.2) is 5.65 Å². The first-order valence-electron chi connectivity index (χ1n) is 10.7. The molecular weight excluding hydrogens is 487 g/mol. The summed E-state index contributed by atoms with van der Waals surface area (Å²) in [4.78, 5) is 21.9. The summed E-state index contributed by atoms with van der Waals surface area (Å²) in [6.45, 7) is 3.03. The van der Waals surface area contributed by atoms with Crippen LogP contribution in [0.2, 0.25) is 0 Å². The van der Waals surface area contributed by atoms with Crippen LogP contribution >= 0.6 is 15.9 Å². The molecular formula is C24H22BrFN6O. The standard InChI is InChI=1S/C24H22BrFN6O/c25-21-16-29-32-22(27-14-17-4-2-1-3-5-17)20(15-28-23(21)32)24(33)31-12-10-30(11-13-31)19-8-6-18(26)7-9-19/h1-9,15-16,27H,10-14H2. The Morgan fingerprint density at radius 3 is 2.45 bits per heavy atom. The highest BCUT2D eigenvalue weighted by Gasteiger charge is 2.26. The molecule has 0 atom stereocenters. The molecule has 0 spiro atoms. The molecule has 1 aliphatic heterocycles. The van der Waals surface area contributed by atoms with Crippen molar-refractivity contribution in [3.05, 3.63) is 88.4 Å². The lowest BCUT2D eigenvalue weighted by atomic mass is 10.2. The van der Waals surface area contributed by atoms with E-state index in [4.69, 9.17) is 0 Å². The number of rotatable bonds is 5. The fourth-order valence-electron chi connectivity index (χ4n) is 4.00. The molecule has 3 heterocycles. The van der Waals surface area contributed by atoms with Crippen LogP contribution in [0.15, 0.2) is 71.5 Å². The van der Waals surface area contributed by atoms with Crippen molar-refractivity contribution in [1.82, 2.24) is 19.5 Å². The van der Waals surface area contributed by atoms with Gasteiger partial charge in [-0.3, -0.25) is 4.79 Å². The second-order valence-corrected chi connectivity index (χ2v) is 8.70. The topological polar surface area (TPSA) is 65.8 Å². The molecule has 0 unspecified atom stereocenters. The summed E-state index contributed by atoms with van der Waals surface area (Å²) in [5, 5.41) is 7.80. The number of nitrogens with zero attached hydrogens (tertiary/aromatic N) is 5. The molecule has 5 rings (SSSR count). The molecule has 0 aliphatic carbocycles. The monoisotopic (exact) mass is 508 g/mol. The van der Waals surface area contributed by atoms with Gasteiger partial charge in [0.25, 0.3) is 5.91 Å². The minimum absolute atomic E-state index is 0.0923. The number of piperazine rings is 1. The number of carbonyl (C=O) groups excluding carboxylic acids is 1. The molecule has 1 saturated heterocycles. The molecule has 2 aromatic heterocycles. The highest BCUT2D eigenvalue weighted by atomic mass is 79.9. The summed E-state index contributed by atoms with van der Waals surface area (Å²) in [6.07, 6.45) is 3.29. The van der Waals surface area contributed by atoms with Crippen LogP contribution in [0, 0.1) is 5.82 Å². The molecule has 168 valence electrons. The van der Waals surface area contributed by atoms with Crippen molar-refractivity contribution < 1.29 is 9.18 Å². The normalized spacial score (nSPS) is 14.0. The molecule has 33 heavy (non-hydrogen) atoms. The third-order valence-electron chi connectivity index (χ3n) is 5.78. The first kappa shape index (κ1) is 21.4. The van der Waals surface area contributed by atoms with Gasteiger partial charge in [-0.15, -0.1) is 0 Å². The first-order valence-corrected chi connectivity index (χ1v) is 11.5. The van der Waals surface area contributed by atoms with E-state index in [1.54, 1.807) is 29.0 Å². The van der Waals surface area contributed by atoms with Crippen molar-refractivity contribution in [3.8, 4) is 0 Å². The predicted octanol–water partition coefficient (Wildman–Crippen LogP) is 4.21. The maximum Gasteiger partial charge on any atom is 0.259 e. The van der Waals surface area contributed by atoms with Crippen LogP contribution in [-0.2, 0) is 6.54 Å². The number of benzene rings is 2. The minimum atomic E-state index is -0.253. The Bertz CT molecular complexity index is 1270. The Morgan fingerprint density at radius 2 is 1.73 bits per heavy atom. The van der Waals surface area contributed by atoms with Gasteiger partial charge in [0.05, 0.1) is 10.7 Å². The quantitative estimate of drug-likeness (QED) is 0.437. The molecule has 4 aromatic rings. The highest BCUT2D eigenvalue weighted by Crippen LogP contribution is 2.25. The van der Waals surface area contributed by atoms with Crippen molar-refractivity contribution in [1.29, 1.82) is 0 Å². The zero-order chi connectivity index (χ0) is 22.8. The average Bonchev–Trinajstić information content (AvgIpc) is 3.24. The molecule has 2 aromatic carbocycles. The van der Waals surface area contributed by atoms with Crippen LogP contribution in [-0.4, -0.2) is 51.6 Å². The maximum absolute atomic E-state index is 13.5. The van der Waals surface area contributed by atoms with Gasteiger partial charge in [-0.25, -0.2) is 9.37 Å². The van der Waals surface area contributed by atoms with E-state index in [1.165, 1.54) is 12.1 Å². The molecule has 0 radical (unpaired) electrons. The molecule has 1 N–H and O–H groups in total. The number of nitrogens with one attached hydrogen (secondary N) is 1. The van der Waals surface area contributed by atoms with Gasteiger partial charge in [-0.05, 0) is 45.8 Å². The molecule has 1 aliphatic rings. The fraction of sp³-hybridized carbons (Fsp3) is 0.208. The van der Waals surface area contributed by atoms with Crippen LogP contribution in [0.5, 0.6) is 0 Å². The Morgan fingerprint density at radius 1 is 1.00 bits per heavy atom. The van der Waals surface area contributed by atoms with Gasteiger partial charge in [-0.2, -0.15) is 9.61 Å². The highest BCUT2D eigenvalue weighted by molar-refractivity contribution is 9.10. The fourth-order valence-corrected chi connectivity index (χ4v) is 4.36. The number of aromatic nitrogens is 3. The van der Waals surface area contributed by atoms with Crippen molar-refractivity contribution in [2.24, 2.45) is 0 Å². The lowest BCUT2D eigenvalue weighted by molar-refractivity contribution is 0.0746. The van der Waals surface area contributed by atoms with Gasteiger partial charge in [0.1, 0.15) is 17.2 Å². The summed E-state index contributed by atoms with van der Waals surface area (Å²) in [5.41, 5.74) is 3.17. The van der Waals surface area contributed by atoms with Crippen molar-refractivity contribution >= 4 is 39.0 Å². The lowest BCUT2D eigenvalue weighted by Gasteiger charge is -2.36. The van der Waals surface area contributed by atoms with E-state index in [1.807, 2.05) is 35.2 Å². The number of carbonyl (C=O) groups is 1. The number of fused-ring (bicyclic) bond motifs is 1. The van der Waals surface area contributed by atoms with Crippen LogP contribution in [0.1, 0.15) is 15.9 Å². The largest absolute Gasteiger partial charge is 0.368 e. The lowest BCUT2D eigenvalue weighted by Crippen LogP contribution is -2.49. The van der Waals surface area contributed by atoms with Crippen molar-refractivity contribution in [3.63, 3.8) is 0 Å². The van der Waals surface area contributed by atoms with Gasteiger partial charge in [0.2, 0.25) is 0 Å². The Balaban J connectivity index is 1.37. The number of hydrogen-bond acceptors (Lipinski definition) is 5. The summed E-state index contributed by atoms with van der Waals surface area (Å²) < 4.78 is 15.7. The number of amides is 1. The summed E-state index contributed by atoms with van der Waals surface area (Å²) >= 11 is 3.47. The molecule has 1 fully saturated rings. The number of anilines is 2.